The summed E-state index contributed by atoms with van der Waals surface area (Å²) < 4.78 is 0. The summed E-state index contributed by atoms with van der Waals surface area (Å²) in [7, 11) is 0. The second-order valence-corrected chi connectivity index (χ2v) is 4.93. The van der Waals surface area contributed by atoms with Crippen LogP contribution in [-0.4, -0.2) is 37.6 Å². The van der Waals surface area contributed by atoms with E-state index in [2.05, 4.69) is 20.3 Å². The number of anilines is 2. The van der Waals surface area contributed by atoms with E-state index in [1.807, 2.05) is 19.1 Å². The lowest BCUT2D eigenvalue weighted by atomic mass is 10.1. The maximum absolute atomic E-state index is 11.0. The molecule has 2 aromatic rings. The van der Waals surface area contributed by atoms with Crippen molar-refractivity contribution in [3.05, 3.63) is 41.5 Å². The topological polar surface area (TPSA) is 91.2 Å². The molecule has 3 rings (SSSR count). The first-order valence-electron chi connectivity index (χ1n) is 6.64. The maximum atomic E-state index is 11.0. The molecule has 0 unspecified atom stereocenters. The summed E-state index contributed by atoms with van der Waals surface area (Å²) >= 11 is 0. The van der Waals surface area contributed by atoms with Crippen molar-refractivity contribution in [3.63, 3.8) is 0 Å². The molecule has 7 heteroatoms. The molecule has 0 saturated carbocycles. The van der Waals surface area contributed by atoms with Gasteiger partial charge in [-0.3, -0.25) is 4.98 Å². The van der Waals surface area contributed by atoms with Crippen LogP contribution in [0.4, 0.5) is 16.4 Å². The molecule has 21 heavy (non-hydrogen) atoms. The van der Waals surface area contributed by atoms with Crippen LogP contribution in [0.25, 0.3) is 0 Å². The quantitative estimate of drug-likeness (QED) is 0.876. The summed E-state index contributed by atoms with van der Waals surface area (Å²) in [6.45, 7) is 2.70. The first-order valence-corrected chi connectivity index (χ1v) is 6.64. The largest absolute Gasteiger partial charge is 0.465 e. The summed E-state index contributed by atoms with van der Waals surface area (Å²) in [5.41, 5.74) is 3.51. The average molecular weight is 285 g/mol. The van der Waals surface area contributed by atoms with Crippen LogP contribution in [0.1, 0.15) is 17.0 Å². The highest BCUT2D eigenvalue weighted by Crippen LogP contribution is 2.19. The molecule has 1 aliphatic rings. The molecule has 2 N–H and O–H groups in total. The van der Waals surface area contributed by atoms with Gasteiger partial charge in [-0.15, -0.1) is 0 Å². The number of carboxylic acid groups (broad SMARTS) is 1. The molecule has 7 nitrogen and oxygen atoms in total. The minimum absolute atomic E-state index is 0.303. The standard InChI is InChI=1S/C14H15N5O2/c1-9-6-11(2-4-15-9)17-13-16-7-10-3-5-19(14(20)21)8-12(10)18-13/h2,4,6-7H,3,5,8H2,1H3,(H,20,21)(H,15,16,17,18). The van der Waals surface area contributed by atoms with Crippen LogP contribution in [0.15, 0.2) is 24.5 Å². The Labute approximate surface area is 121 Å². The van der Waals surface area contributed by atoms with E-state index in [9.17, 15) is 4.79 Å². The third-order valence-corrected chi connectivity index (χ3v) is 3.37. The Kier molecular flexibility index (Phi) is 3.39. The van der Waals surface area contributed by atoms with Crippen molar-refractivity contribution in [2.45, 2.75) is 19.9 Å². The Hall–Kier alpha value is -2.70. The molecule has 0 saturated heterocycles. The molecule has 3 heterocycles. The lowest BCUT2D eigenvalue weighted by Crippen LogP contribution is -2.35. The number of nitrogens with zero attached hydrogens (tertiary/aromatic N) is 4. The normalized spacial score (nSPS) is 13.7. The van der Waals surface area contributed by atoms with E-state index in [0.717, 1.165) is 22.6 Å². The number of hydrogen-bond acceptors (Lipinski definition) is 5. The average Bonchev–Trinajstić information content (AvgIpc) is 2.46. The molecule has 0 aliphatic carbocycles. The van der Waals surface area contributed by atoms with E-state index in [1.54, 1.807) is 12.4 Å². The Morgan fingerprint density at radius 1 is 1.43 bits per heavy atom. The number of amides is 1. The van der Waals surface area contributed by atoms with Gasteiger partial charge in [0.25, 0.3) is 0 Å². The number of aryl methyl sites for hydroxylation is 1. The van der Waals surface area contributed by atoms with E-state index in [4.69, 9.17) is 5.11 Å². The second-order valence-electron chi connectivity index (χ2n) is 4.93. The van der Waals surface area contributed by atoms with Gasteiger partial charge in [-0.1, -0.05) is 0 Å². The van der Waals surface area contributed by atoms with Crippen LogP contribution in [-0.2, 0) is 13.0 Å². The first kappa shape index (κ1) is 13.3. The highest BCUT2D eigenvalue weighted by Gasteiger charge is 2.21. The number of aromatic nitrogens is 3. The van der Waals surface area contributed by atoms with Gasteiger partial charge in [0.1, 0.15) is 0 Å². The van der Waals surface area contributed by atoms with Gasteiger partial charge < -0.3 is 15.3 Å². The number of pyridine rings is 1. The molecule has 108 valence electrons. The van der Waals surface area contributed by atoms with Crippen molar-refractivity contribution in [2.24, 2.45) is 0 Å². The minimum Gasteiger partial charge on any atom is -0.465 e. The van der Waals surface area contributed by atoms with Crippen molar-refractivity contribution >= 4 is 17.7 Å². The molecular weight excluding hydrogens is 270 g/mol. The summed E-state index contributed by atoms with van der Waals surface area (Å²) in [5, 5.41) is 12.2. The van der Waals surface area contributed by atoms with Gasteiger partial charge in [0.05, 0.1) is 12.2 Å². The number of hydrogen-bond donors (Lipinski definition) is 2. The fraction of sp³-hybridized carbons (Fsp3) is 0.286. The highest BCUT2D eigenvalue weighted by molar-refractivity contribution is 5.65. The van der Waals surface area contributed by atoms with Crippen molar-refractivity contribution < 1.29 is 9.90 Å². The molecule has 0 aromatic carbocycles. The fourth-order valence-corrected chi connectivity index (χ4v) is 2.28. The van der Waals surface area contributed by atoms with E-state index >= 15 is 0 Å². The zero-order valence-corrected chi connectivity index (χ0v) is 11.6. The summed E-state index contributed by atoms with van der Waals surface area (Å²) in [5.74, 6) is 0.464. The van der Waals surface area contributed by atoms with Crippen LogP contribution in [0, 0.1) is 6.92 Å². The SMILES string of the molecule is Cc1cc(Nc2ncc3c(n2)CN(C(=O)O)CC3)ccn1. The van der Waals surface area contributed by atoms with Crippen LogP contribution in [0.3, 0.4) is 0 Å². The van der Waals surface area contributed by atoms with Crippen LogP contribution >= 0.6 is 0 Å². The predicted molar refractivity (Wildman–Crippen MR) is 76.4 cm³/mol. The minimum atomic E-state index is -0.918. The molecule has 0 fully saturated rings. The number of carbonyl (C=O) groups is 1. The lowest BCUT2D eigenvalue weighted by molar-refractivity contribution is 0.139. The molecule has 0 spiro atoms. The van der Waals surface area contributed by atoms with Gasteiger partial charge in [-0.2, -0.15) is 0 Å². The van der Waals surface area contributed by atoms with Gasteiger partial charge >= 0.3 is 6.09 Å². The van der Waals surface area contributed by atoms with Gasteiger partial charge in [-0.05, 0) is 31.0 Å². The third-order valence-electron chi connectivity index (χ3n) is 3.37. The zero-order chi connectivity index (χ0) is 14.8. The lowest BCUT2D eigenvalue weighted by Gasteiger charge is -2.25. The van der Waals surface area contributed by atoms with Crippen LogP contribution in [0.5, 0.6) is 0 Å². The Balaban J connectivity index is 1.82. The summed E-state index contributed by atoms with van der Waals surface area (Å²) in [6, 6.07) is 3.73. The van der Waals surface area contributed by atoms with Crippen LogP contribution < -0.4 is 5.32 Å². The van der Waals surface area contributed by atoms with Crippen molar-refractivity contribution in [2.75, 3.05) is 11.9 Å². The molecular formula is C14H15N5O2. The van der Waals surface area contributed by atoms with Gasteiger partial charge in [0.15, 0.2) is 0 Å². The predicted octanol–water partition coefficient (Wildman–Crippen LogP) is 1.96. The fourth-order valence-electron chi connectivity index (χ4n) is 2.28. The Bertz CT molecular complexity index is 689. The van der Waals surface area contributed by atoms with E-state index in [1.165, 1.54) is 4.90 Å². The molecule has 2 aromatic heterocycles. The van der Waals surface area contributed by atoms with Crippen molar-refractivity contribution in [1.82, 2.24) is 19.9 Å². The van der Waals surface area contributed by atoms with E-state index in [0.29, 0.717) is 25.5 Å². The molecule has 0 atom stereocenters. The van der Waals surface area contributed by atoms with Crippen LogP contribution in [0.2, 0.25) is 0 Å². The first-order chi connectivity index (χ1) is 10.1. The molecule has 1 amide bonds. The molecule has 0 radical (unpaired) electrons. The highest BCUT2D eigenvalue weighted by atomic mass is 16.4. The van der Waals surface area contributed by atoms with Gasteiger partial charge in [-0.25, -0.2) is 14.8 Å². The van der Waals surface area contributed by atoms with Gasteiger partial charge in [0.2, 0.25) is 5.95 Å². The zero-order valence-electron chi connectivity index (χ0n) is 11.6. The van der Waals surface area contributed by atoms with Crippen molar-refractivity contribution in [3.8, 4) is 0 Å². The summed E-state index contributed by atoms with van der Waals surface area (Å²) in [6.07, 6.45) is 3.20. The maximum Gasteiger partial charge on any atom is 0.407 e. The van der Waals surface area contributed by atoms with E-state index in [-0.39, 0.29) is 0 Å². The smallest absolute Gasteiger partial charge is 0.407 e. The second kappa shape index (κ2) is 5.35. The molecule has 1 aliphatic heterocycles. The number of rotatable bonds is 2. The van der Waals surface area contributed by atoms with Crippen molar-refractivity contribution in [1.29, 1.82) is 0 Å². The number of nitrogens with one attached hydrogen (secondary N) is 1. The Morgan fingerprint density at radius 3 is 3.05 bits per heavy atom. The van der Waals surface area contributed by atoms with Gasteiger partial charge in [0, 0.05) is 30.3 Å². The Morgan fingerprint density at radius 2 is 2.29 bits per heavy atom. The molecule has 0 bridgehead atoms. The monoisotopic (exact) mass is 285 g/mol. The summed E-state index contributed by atoms with van der Waals surface area (Å²) in [4.78, 5) is 25.2. The number of fused-ring (bicyclic) bond motifs is 1. The third kappa shape index (κ3) is 2.91. The van der Waals surface area contributed by atoms with E-state index < -0.39 is 6.09 Å².